The van der Waals surface area contributed by atoms with Crippen molar-refractivity contribution in [3.05, 3.63) is 18.6 Å². The fourth-order valence-corrected chi connectivity index (χ4v) is 1.28. The molecule has 2 heterocycles. The molecule has 0 unspecified atom stereocenters. The largest absolute Gasteiger partial charge is 0.368 e. The normalized spacial score (nSPS) is 11.5. The van der Waals surface area contributed by atoms with E-state index in [2.05, 4.69) is 25.4 Å². The number of anilines is 2. The zero-order valence-corrected chi connectivity index (χ0v) is 10.0. The van der Waals surface area contributed by atoms with Crippen LogP contribution in [-0.4, -0.2) is 30.3 Å². The number of hydrogen-bond acceptors (Lipinski definition) is 6. The Morgan fingerprint density at radius 3 is 2.65 bits per heavy atom. The third kappa shape index (κ3) is 2.68. The molecule has 0 aliphatic heterocycles. The Kier molecular flexibility index (Phi) is 2.66. The molecule has 0 aliphatic rings. The highest BCUT2D eigenvalue weighted by Crippen LogP contribution is 2.14. The molecule has 7 heteroatoms. The molecule has 0 fully saturated rings. The summed E-state index contributed by atoms with van der Waals surface area (Å²) < 4.78 is 1.45. The molecule has 3 N–H and O–H groups in total. The van der Waals surface area contributed by atoms with Crippen molar-refractivity contribution in [1.82, 2.24) is 24.7 Å². The molecular weight excluding hydrogens is 218 g/mol. The van der Waals surface area contributed by atoms with Crippen LogP contribution < -0.4 is 11.1 Å². The van der Waals surface area contributed by atoms with Gasteiger partial charge in [0.1, 0.15) is 0 Å². The van der Waals surface area contributed by atoms with Crippen LogP contribution in [0.25, 0.3) is 5.82 Å². The highest BCUT2D eigenvalue weighted by Gasteiger charge is 2.15. The Morgan fingerprint density at radius 1 is 1.29 bits per heavy atom. The smallest absolute Gasteiger partial charge is 0.244 e. The van der Waals surface area contributed by atoms with E-state index in [0.717, 1.165) is 0 Å². The quantitative estimate of drug-likeness (QED) is 0.798. The lowest BCUT2D eigenvalue weighted by Crippen LogP contribution is -2.26. The third-order valence-electron chi connectivity index (χ3n) is 1.89. The Balaban J connectivity index is 2.32. The summed E-state index contributed by atoms with van der Waals surface area (Å²) >= 11 is 0. The summed E-state index contributed by atoms with van der Waals surface area (Å²) in [7, 11) is 0. The molecule has 0 aromatic carbocycles. The van der Waals surface area contributed by atoms with Gasteiger partial charge in [0, 0.05) is 17.9 Å². The predicted molar refractivity (Wildman–Crippen MR) is 64.7 cm³/mol. The molecule has 17 heavy (non-hydrogen) atoms. The van der Waals surface area contributed by atoms with Crippen LogP contribution in [0.15, 0.2) is 18.6 Å². The van der Waals surface area contributed by atoms with Crippen molar-refractivity contribution in [3.8, 4) is 5.82 Å². The van der Waals surface area contributed by atoms with Gasteiger partial charge in [-0.15, -0.1) is 5.10 Å². The van der Waals surface area contributed by atoms with Crippen molar-refractivity contribution in [2.24, 2.45) is 0 Å². The van der Waals surface area contributed by atoms with E-state index in [1.54, 1.807) is 18.6 Å². The van der Waals surface area contributed by atoms with Gasteiger partial charge in [-0.25, -0.2) is 4.98 Å². The fraction of sp³-hybridized carbons (Fsp3) is 0.400. The first-order valence-electron chi connectivity index (χ1n) is 5.23. The summed E-state index contributed by atoms with van der Waals surface area (Å²) in [6.07, 6.45) is 4.74. The van der Waals surface area contributed by atoms with Crippen molar-refractivity contribution >= 4 is 11.9 Å². The molecule has 0 aliphatic carbocycles. The molecule has 2 aromatic heterocycles. The summed E-state index contributed by atoms with van der Waals surface area (Å²) in [5.41, 5.74) is 5.65. The minimum atomic E-state index is -0.124. The van der Waals surface area contributed by atoms with E-state index >= 15 is 0 Å². The van der Waals surface area contributed by atoms with E-state index in [1.807, 2.05) is 20.8 Å². The third-order valence-corrected chi connectivity index (χ3v) is 1.89. The van der Waals surface area contributed by atoms with Crippen LogP contribution in [0.4, 0.5) is 11.9 Å². The van der Waals surface area contributed by atoms with E-state index in [1.165, 1.54) is 4.68 Å². The molecule has 0 saturated carbocycles. The average Bonchev–Trinajstić information content (AvgIpc) is 2.58. The molecule has 2 aromatic rings. The van der Waals surface area contributed by atoms with Gasteiger partial charge in [-0.05, 0) is 20.8 Å². The number of nitrogens with zero attached hydrogens (tertiary/aromatic N) is 5. The van der Waals surface area contributed by atoms with E-state index in [4.69, 9.17) is 5.73 Å². The maximum atomic E-state index is 5.77. The van der Waals surface area contributed by atoms with Gasteiger partial charge in [-0.2, -0.15) is 9.67 Å². The molecular formula is C10H15N7. The van der Waals surface area contributed by atoms with Crippen LogP contribution in [0.2, 0.25) is 0 Å². The first-order valence-corrected chi connectivity index (χ1v) is 5.23. The van der Waals surface area contributed by atoms with Gasteiger partial charge < -0.3 is 11.1 Å². The standard InChI is InChI=1S/C10H15N7/c1-10(2,3)15-9-14-8(11)17(16-9)7-6-12-4-5-13-7/h4-6H,1-3H3,(H3,11,14,15,16). The SMILES string of the molecule is CC(C)(C)Nc1nc(N)n(-c2cnccn2)n1. The van der Waals surface area contributed by atoms with E-state index in [-0.39, 0.29) is 11.5 Å². The van der Waals surface area contributed by atoms with Gasteiger partial charge in [-0.1, -0.05) is 0 Å². The molecule has 0 atom stereocenters. The second kappa shape index (κ2) is 4.00. The Labute approximate surface area is 99.1 Å². The zero-order chi connectivity index (χ0) is 12.5. The van der Waals surface area contributed by atoms with Crippen molar-refractivity contribution in [2.75, 3.05) is 11.1 Å². The van der Waals surface area contributed by atoms with E-state index < -0.39 is 0 Å². The highest BCUT2D eigenvalue weighted by atomic mass is 15.4. The number of nitrogens with two attached hydrogens (primary N) is 1. The summed E-state index contributed by atoms with van der Waals surface area (Å²) in [6, 6.07) is 0. The van der Waals surface area contributed by atoms with Gasteiger partial charge in [-0.3, -0.25) is 4.98 Å². The maximum Gasteiger partial charge on any atom is 0.244 e. The van der Waals surface area contributed by atoms with Crippen molar-refractivity contribution in [1.29, 1.82) is 0 Å². The maximum absolute atomic E-state index is 5.77. The van der Waals surface area contributed by atoms with Gasteiger partial charge in [0.15, 0.2) is 5.82 Å². The van der Waals surface area contributed by atoms with Crippen molar-refractivity contribution in [3.63, 3.8) is 0 Å². The molecule has 0 amide bonds. The molecule has 0 saturated heterocycles. The Morgan fingerprint density at radius 2 is 2.06 bits per heavy atom. The number of aromatic nitrogens is 5. The number of hydrogen-bond donors (Lipinski definition) is 2. The van der Waals surface area contributed by atoms with Gasteiger partial charge >= 0.3 is 0 Å². The fourth-order valence-electron chi connectivity index (χ4n) is 1.28. The lowest BCUT2D eigenvalue weighted by Gasteiger charge is -2.18. The minimum absolute atomic E-state index is 0.124. The number of nitrogens with one attached hydrogen (secondary N) is 1. The number of nitrogen functional groups attached to an aromatic ring is 1. The van der Waals surface area contributed by atoms with Crippen LogP contribution in [0.1, 0.15) is 20.8 Å². The first kappa shape index (κ1) is 11.3. The lowest BCUT2D eigenvalue weighted by atomic mass is 10.1. The van der Waals surface area contributed by atoms with Gasteiger partial charge in [0.2, 0.25) is 11.9 Å². The van der Waals surface area contributed by atoms with Crippen molar-refractivity contribution in [2.45, 2.75) is 26.3 Å². The highest BCUT2D eigenvalue weighted by molar-refractivity contribution is 5.38. The first-order chi connectivity index (χ1) is 7.96. The summed E-state index contributed by atoms with van der Waals surface area (Å²) in [4.78, 5) is 12.2. The van der Waals surface area contributed by atoms with E-state index in [9.17, 15) is 0 Å². The summed E-state index contributed by atoms with van der Waals surface area (Å²) in [5, 5.41) is 7.37. The second-order valence-electron chi connectivity index (χ2n) is 4.64. The van der Waals surface area contributed by atoms with Gasteiger partial charge in [0.05, 0.1) is 6.20 Å². The van der Waals surface area contributed by atoms with Crippen LogP contribution in [0.5, 0.6) is 0 Å². The monoisotopic (exact) mass is 233 g/mol. The van der Waals surface area contributed by atoms with Crippen LogP contribution in [-0.2, 0) is 0 Å². The lowest BCUT2D eigenvalue weighted by molar-refractivity contribution is 0.625. The summed E-state index contributed by atoms with van der Waals surface area (Å²) in [5.74, 6) is 1.29. The van der Waals surface area contributed by atoms with Crippen LogP contribution in [0.3, 0.4) is 0 Å². The van der Waals surface area contributed by atoms with Gasteiger partial charge in [0.25, 0.3) is 0 Å². The average molecular weight is 233 g/mol. The Hall–Kier alpha value is -2.18. The number of rotatable bonds is 2. The molecule has 0 spiro atoms. The second-order valence-corrected chi connectivity index (χ2v) is 4.64. The minimum Gasteiger partial charge on any atom is -0.368 e. The van der Waals surface area contributed by atoms with Crippen molar-refractivity contribution < 1.29 is 0 Å². The molecule has 0 radical (unpaired) electrons. The zero-order valence-electron chi connectivity index (χ0n) is 10.0. The summed E-state index contributed by atoms with van der Waals surface area (Å²) in [6.45, 7) is 6.06. The van der Waals surface area contributed by atoms with E-state index in [0.29, 0.717) is 11.8 Å². The molecule has 0 bridgehead atoms. The topological polar surface area (TPSA) is 94.5 Å². The van der Waals surface area contributed by atoms with Crippen LogP contribution in [0, 0.1) is 0 Å². The predicted octanol–water partition coefficient (Wildman–Crippen LogP) is 0.850. The Bertz CT molecular complexity index is 497. The molecule has 2 rings (SSSR count). The molecule has 7 nitrogen and oxygen atoms in total. The molecule has 90 valence electrons. The van der Waals surface area contributed by atoms with Crippen LogP contribution >= 0.6 is 0 Å².